The SMILES string of the molecule is Cc1c(C[C@@H](C)N(C)C(=O)OC(C)(C)C)sc2c(N(Cc3ccc(Br)s3)C(=O)OC(C)(C)C)cnnc12. The Bertz CT molecular complexity index is 1280. The van der Waals surface area contributed by atoms with Crippen molar-refractivity contribution in [1.29, 1.82) is 0 Å². The van der Waals surface area contributed by atoms with Gasteiger partial charge in [0.1, 0.15) is 16.7 Å². The molecule has 0 saturated heterocycles. The van der Waals surface area contributed by atoms with Crippen LogP contribution in [0.25, 0.3) is 10.2 Å². The maximum absolute atomic E-state index is 13.4. The lowest BCUT2D eigenvalue weighted by molar-refractivity contribution is 0.0236. The van der Waals surface area contributed by atoms with Crippen molar-refractivity contribution < 1.29 is 19.1 Å². The first-order valence-electron chi connectivity index (χ1n) is 12.0. The van der Waals surface area contributed by atoms with E-state index < -0.39 is 17.3 Å². The number of carbonyl (C=O) groups excluding carboxylic acids is 2. The number of rotatable bonds is 6. The summed E-state index contributed by atoms with van der Waals surface area (Å²) in [5.41, 5.74) is 1.17. The van der Waals surface area contributed by atoms with Gasteiger partial charge in [-0.25, -0.2) is 9.59 Å². The average Bonchev–Trinajstić information content (AvgIpc) is 3.31. The van der Waals surface area contributed by atoms with E-state index in [0.717, 1.165) is 29.3 Å². The van der Waals surface area contributed by atoms with Crippen LogP contribution in [0.5, 0.6) is 0 Å². The van der Waals surface area contributed by atoms with E-state index in [0.29, 0.717) is 18.7 Å². The summed E-state index contributed by atoms with van der Waals surface area (Å²) in [6.45, 7) is 15.4. The summed E-state index contributed by atoms with van der Waals surface area (Å²) in [6, 6.07) is 3.84. The largest absolute Gasteiger partial charge is 0.444 e. The Labute approximate surface area is 235 Å². The van der Waals surface area contributed by atoms with Crippen LogP contribution in [0.1, 0.15) is 63.8 Å². The summed E-state index contributed by atoms with van der Waals surface area (Å²) in [5, 5.41) is 8.63. The van der Waals surface area contributed by atoms with E-state index in [1.165, 1.54) is 0 Å². The number of ether oxygens (including phenoxy) is 2. The van der Waals surface area contributed by atoms with Gasteiger partial charge in [-0.05, 0) is 89.0 Å². The Kier molecular flexibility index (Phi) is 8.91. The lowest BCUT2D eigenvalue weighted by Gasteiger charge is -2.28. The standard InChI is InChI=1S/C26H35BrN4O4S2/c1-15(30(9)23(32)34-25(3,4)5)12-19-16(2)21-22(37-19)18(13-28-29-21)31(24(33)35-26(6,7)8)14-17-10-11-20(27)36-17/h10-11,13,15H,12,14H2,1-9H3/t15-/m1/s1. The van der Waals surface area contributed by atoms with Gasteiger partial charge in [0.05, 0.1) is 26.9 Å². The third kappa shape index (κ3) is 7.64. The summed E-state index contributed by atoms with van der Waals surface area (Å²) in [5.74, 6) is 0. The zero-order valence-corrected chi connectivity index (χ0v) is 26.1. The third-order valence-corrected chi connectivity index (χ3v) is 8.39. The fourth-order valence-corrected chi connectivity index (χ4v) is 6.36. The number of aromatic nitrogens is 2. The topological polar surface area (TPSA) is 84.9 Å². The van der Waals surface area contributed by atoms with Gasteiger partial charge >= 0.3 is 12.2 Å². The van der Waals surface area contributed by atoms with Crippen LogP contribution in [-0.4, -0.2) is 51.6 Å². The summed E-state index contributed by atoms with van der Waals surface area (Å²) in [7, 11) is 1.75. The highest BCUT2D eigenvalue weighted by molar-refractivity contribution is 9.11. The molecule has 0 fully saturated rings. The number of carbonyl (C=O) groups is 2. The number of hydrogen-bond donors (Lipinski definition) is 0. The second kappa shape index (κ2) is 11.2. The molecule has 37 heavy (non-hydrogen) atoms. The number of aryl methyl sites for hydroxylation is 1. The molecule has 0 spiro atoms. The average molecular weight is 612 g/mol. The Morgan fingerprint density at radius 1 is 1.05 bits per heavy atom. The summed E-state index contributed by atoms with van der Waals surface area (Å²) >= 11 is 6.63. The first-order valence-corrected chi connectivity index (χ1v) is 14.4. The van der Waals surface area contributed by atoms with Gasteiger partial charge in [0.25, 0.3) is 0 Å². The zero-order valence-electron chi connectivity index (χ0n) is 22.8. The van der Waals surface area contributed by atoms with Crippen LogP contribution in [0, 0.1) is 6.92 Å². The molecule has 3 heterocycles. The minimum Gasteiger partial charge on any atom is -0.444 e. The molecule has 8 nitrogen and oxygen atoms in total. The molecule has 3 aromatic rings. The first-order chi connectivity index (χ1) is 17.1. The summed E-state index contributed by atoms with van der Waals surface area (Å²) in [4.78, 5) is 31.2. The number of anilines is 1. The third-order valence-electron chi connectivity index (χ3n) is 5.46. The van der Waals surface area contributed by atoms with Gasteiger partial charge in [-0.3, -0.25) is 4.90 Å². The molecular weight excluding hydrogens is 576 g/mol. The minimum atomic E-state index is -0.650. The minimum absolute atomic E-state index is 0.108. The van der Waals surface area contributed by atoms with Crippen LogP contribution in [-0.2, 0) is 22.4 Å². The van der Waals surface area contributed by atoms with Gasteiger partial charge in [0.2, 0.25) is 0 Å². The second-order valence-corrected chi connectivity index (χ2v) is 14.6. The molecule has 0 aliphatic carbocycles. The highest BCUT2D eigenvalue weighted by atomic mass is 79.9. The quantitative estimate of drug-likeness (QED) is 0.286. The van der Waals surface area contributed by atoms with Crippen molar-refractivity contribution in [3.05, 3.63) is 37.4 Å². The first kappa shape index (κ1) is 29.3. The molecule has 0 N–H and O–H groups in total. The lowest BCUT2D eigenvalue weighted by atomic mass is 10.1. The Morgan fingerprint density at radius 2 is 1.68 bits per heavy atom. The number of amides is 2. The predicted octanol–water partition coefficient (Wildman–Crippen LogP) is 7.56. The molecule has 0 aromatic carbocycles. The lowest BCUT2D eigenvalue weighted by Crippen LogP contribution is -2.40. The van der Waals surface area contributed by atoms with Crippen LogP contribution in [0.4, 0.5) is 15.3 Å². The maximum atomic E-state index is 13.4. The molecule has 3 aromatic heterocycles. The smallest absolute Gasteiger partial charge is 0.415 e. The Hall–Kier alpha value is -2.24. The van der Waals surface area contributed by atoms with E-state index >= 15 is 0 Å². The molecule has 0 aliphatic heterocycles. The molecule has 0 saturated carbocycles. The van der Waals surface area contributed by atoms with Crippen LogP contribution >= 0.6 is 38.6 Å². The molecule has 0 bridgehead atoms. The van der Waals surface area contributed by atoms with E-state index in [1.807, 2.05) is 67.5 Å². The van der Waals surface area contributed by atoms with Gasteiger partial charge in [-0.1, -0.05) is 0 Å². The number of likely N-dealkylation sites (N-methyl/N-ethyl adjacent to an activating group) is 1. The second-order valence-electron chi connectivity index (χ2n) is 11.0. The number of halogens is 1. The normalized spacial score (nSPS) is 12.9. The fourth-order valence-electron chi connectivity index (χ4n) is 3.51. The number of thiophene rings is 2. The van der Waals surface area contributed by atoms with Crippen molar-refractivity contribution in [2.24, 2.45) is 0 Å². The fraction of sp³-hybridized carbons (Fsp3) is 0.538. The zero-order chi connectivity index (χ0) is 27.7. The Balaban J connectivity index is 1.97. The molecule has 3 rings (SSSR count). The number of nitrogens with zero attached hydrogens (tertiary/aromatic N) is 4. The van der Waals surface area contributed by atoms with Crippen molar-refractivity contribution in [1.82, 2.24) is 15.1 Å². The van der Waals surface area contributed by atoms with E-state index in [2.05, 4.69) is 26.1 Å². The van der Waals surface area contributed by atoms with E-state index in [4.69, 9.17) is 9.47 Å². The molecular formula is C26H35BrN4O4S2. The molecule has 0 aliphatic rings. The molecule has 0 radical (unpaired) electrons. The number of fused-ring (bicyclic) bond motifs is 1. The van der Waals surface area contributed by atoms with Gasteiger partial charge in [-0.15, -0.1) is 27.8 Å². The molecule has 1 atom stereocenters. The van der Waals surface area contributed by atoms with E-state index in [-0.39, 0.29) is 12.1 Å². The maximum Gasteiger partial charge on any atom is 0.415 e. The molecule has 11 heteroatoms. The van der Waals surface area contributed by atoms with Crippen LogP contribution in [0.3, 0.4) is 0 Å². The van der Waals surface area contributed by atoms with Gasteiger partial charge in [-0.2, -0.15) is 5.10 Å². The van der Waals surface area contributed by atoms with Crippen molar-refractivity contribution in [3.63, 3.8) is 0 Å². The molecule has 202 valence electrons. The van der Waals surface area contributed by atoms with Crippen molar-refractivity contribution >= 4 is 66.7 Å². The number of hydrogen-bond acceptors (Lipinski definition) is 8. The Morgan fingerprint density at radius 3 is 2.24 bits per heavy atom. The van der Waals surface area contributed by atoms with Gasteiger partial charge in [0.15, 0.2) is 0 Å². The van der Waals surface area contributed by atoms with Crippen LogP contribution < -0.4 is 4.90 Å². The van der Waals surface area contributed by atoms with Crippen molar-refractivity contribution in [3.8, 4) is 0 Å². The summed E-state index contributed by atoms with van der Waals surface area (Å²) < 4.78 is 13.1. The van der Waals surface area contributed by atoms with Gasteiger partial charge in [0, 0.05) is 29.3 Å². The van der Waals surface area contributed by atoms with Crippen molar-refractivity contribution in [2.75, 3.05) is 11.9 Å². The molecule has 2 amide bonds. The van der Waals surface area contributed by atoms with Crippen LogP contribution in [0.15, 0.2) is 22.1 Å². The predicted molar refractivity (Wildman–Crippen MR) is 154 cm³/mol. The highest BCUT2D eigenvalue weighted by Gasteiger charge is 2.29. The van der Waals surface area contributed by atoms with Crippen molar-refractivity contribution in [2.45, 2.75) is 85.6 Å². The van der Waals surface area contributed by atoms with E-state index in [9.17, 15) is 9.59 Å². The van der Waals surface area contributed by atoms with Crippen LogP contribution in [0.2, 0.25) is 0 Å². The summed E-state index contributed by atoms with van der Waals surface area (Å²) in [6.07, 6.45) is 1.42. The monoisotopic (exact) mass is 610 g/mol. The highest BCUT2D eigenvalue weighted by Crippen LogP contribution is 2.38. The van der Waals surface area contributed by atoms with Gasteiger partial charge < -0.3 is 14.4 Å². The van der Waals surface area contributed by atoms with E-state index in [1.54, 1.807) is 45.7 Å². The molecule has 0 unspecified atom stereocenters.